The highest BCUT2D eigenvalue weighted by molar-refractivity contribution is 5.78. The van der Waals surface area contributed by atoms with E-state index >= 15 is 0 Å². The first kappa shape index (κ1) is 22.0. The quantitative estimate of drug-likeness (QED) is 0.620. The SMILES string of the molecule is CN(CC(=O)O)C1CCN(CC(=O)NCCc2ccc(OC(F)F)cc2)CC1. The van der Waals surface area contributed by atoms with E-state index in [9.17, 15) is 18.4 Å². The number of nitrogens with one attached hydrogen (secondary N) is 1. The molecule has 0 bridgehead atoms. The van der Waals surface area contributed by atoms with Gasteiger partial charge in [-0.1, -0.05) is 12.1 Å². The van der Waals surface area contributed by atoms with Gasteiger partial charge in [0.05, 0.1) is 13.1 Å². The predicted octanol–water partition coefficient (Wildman–Crippen LogP) is 1.43. The number of alkyl halides is 2. The Bertz CT molecular complexity index is 635. The molecule has 7 nitrogen and oxygen atoms in total. The highest BCUT2D eigenvalue weighted by atomic mass is 19.3. The number of carbonyl (C=O) groups excluding carboxylic acids is 1. The van der Waals surface area contributed by atoms with Gasteiger partial charge >= 0.3 is 12.6 Å². The molecule has 0 saturated carbocycles. The monoisotopic (exact) mass is 399 g/mol. The first-order valence-corrected chi connectivity index (χ1v) is 9.28. The molecule has 0 aromatic heterocycles. The van der Waals surface area contributed by atoms with Gasteiger partial charge in [-0.05, 0) is 44.0 Å². The minimum absolute atomic E-state index is 0.0282. The Labute approximate surface area is 163 Å². The van der Waals surface area contributed by atoms with Gasteiger partial charge < -0.3 is 15.2 Å². The summed E-state index contributed by atoms with van der Waals surface area (Å²) >= 11 is 0. The lowest BCUT2D eigenvalue weighted by Gasteiger charge is -2.35. The van der Waals surface area contributed by atoms with Crippen molar-refractivity contribution in [2.75, 3.05) is 39.8 Å². The fraction of sp³-hybridized carbons (Fsp3) is 0.579. The zero-order valence-electron chi connectivity index (χ0n) is 15.9. The third-order valence-corrected chi connectivity index (χ3v) is 4.82. The van der Waals surface area contributed by atoms with Crippen molar-refractivity contribution in [3.8, 4) is 5.75 Å². The van der Waals surface area contributed by atoms with Gasteiger partial charge in [0.25, 0.3) is 0 Å². The number of ether oxygens (including phenoxy) is 1. The van der Waals surface area contributed by atoms with Crippen LogP contribution in [0.5, 0.6) is 5.75 Å². The molecule has 1 aliphatic heterocycles. The molecule has 1 fully saturated rings. The Balaban J connectivity index is 1.63. The van der Waals surface area contributed by atoms with E-state index in [1.165, 1.54) is 12.1 Å². The standard InChI is InChI=1S/C19H27F2N3O4/c1-23(13-18(26)27)15-7-10-24(11-8-15)12-17(25)22-9-6-14-2-4-16(5-3-14)28-19(20)21/h2-5,15,19H,6-13H2,1H3,(H,22,25)(H,26,27). The van der Waals surface area contributed by atoms with Crippen molar-refractivity contribution in [2.24, 2.45) is 0 Å². The van der Waals surface area contributed by atoms with E-state index in [4.69, 9.17) is 5.11 Å². The van der Waals surface area contributed by atoms with Gasteiger partial charge in [-0.2, -0.15) is 8.78 Å². The Hall–Kier alpha value is -2.26. The largest absolute Gasteiger partial charge is 0.480 e. The smallest absolute Gasteiger partial charge is 0.387 e. The number of benzene rings is 1. The number of likely N-dealkylation sites (N-methyl/N-ethyl adjacent to an activating group) is 1. The molecule has 1 amide bonds. The van der Waals surface area contributed by atoms with E-state index in [0.717, 1.165) is 31.5 Å². The average Bonchev–Trinajstić information content (AvgIpc) is 2.63. The Morgan fingerprint density at radius 1 is 1.29 bits per heavy atom. The molecular weight excluding hydrogens is 372 g/mol. The minimum Gasteiger partial charge on any atom is -0.480 e. The van der Waals surface area contributed by atoms with Crippen molar-refractivity contribution in [3.05, 3.63) is 29.8 Å². The molecule has 0 atom stereocenters. The molecule has 28 heavy (non-hydrogen) atoms. The third kappa shape index (κ3) is 7.77. The van der Waals surface area contributed by atoms with Crippen molar-refractivity contribution >= 4 is 11.9 Å². The summed E-state index contributed by atoms with van der Waals surface area (Å²) in [6.07, 6.45) is 2.27. The number of hydrogen-bond acceptors (Lipinski definition) is 5. The lowest BCUT2D eigenvalue weighted by molar-refractivity contribution is -0.138. The van der Waals surface area contributed by atoms with E-state index in [-0.39, 0.29) is 24.2 Å². The second-order valence-corrected chi connectivity index (χ2v) is 6.94. The van der Waals surface area contributed by atoms with Crippen LogP contribution in [-0.2, 0) is 16.0 Å². The molecule has 2 rings (SSSR count). The second-order valence-electron chi connectivity index (χ2n) is 6.94. The highest BCUT2D eigenvalue weighted by Gasteiger charge is 2.24. The normalized spacial score (nSPS) is 15.8. The Kier molecular flexibility index (Phi) is 8.59. The maximum absolute atomic E-state index is 12.1. The zero-order valence-corrected chi connectivity index (χ0v) is 15.9. The number of halogens is 2. The van der Waals surface area contributed by atoms with Gasteiger partial charge in [-0.3, -0.25) is 19.4 Å². The minimum atomic E-state index is -2.84. The number of hydrogen-bond donors (Lipinski definition) is 2. The highest BCUT2D eigenvalue weighted by Crippen LogP contribution is 2.16. The van der Waals surface area contributed by atoms with Crippen LogP contribution >= 0.6 is 0 Å². The number of aliphatic carboxylic acids is 1. The van der Waals surface area contributed by atoms with Crippen molar-refractivity contribution in [1.29, 1.82) is 0 Å². The lowest BCUT2D eigenvalue weighted by atomic mass is 10.0. The number of rotatable bonds is 10. The van der Waals surface area contributed by atoms with Crippen molar-refractivity contribution in [2.45, 2.75) is 31.9 Å². The van der Waals surface area contributed by atoms with Gasteiger partial charge in [0.1, 0.15) is 5.75 Å². The number of likely N-dealkylation sites (tertiary alicyclic amines) is 1. The lowest BCUT2D eigenvalue weighted by Crippen LogP contribution is -2.47. The maximum Gasteiger partial charge on any atom is 0.387 e. The average molecular weight is 399 g/mol. The van der Waals surface area contributed by atoms with Crippen molar-refractivity contribution in [3.63, 3.8) is 0 Å². The summed E-state index contributed by atoms with van der Waals surface area (Å²) in [4.78, 5) is 26.8. The summed E-state index contributed by atoms with van der Waals surface area (Å²) in [5, 5.41) is 11.7. The summed E-state index contributed by atoms with van der Waals surface area (Å²) in [6, 6.07) is 6.58. The number of nitrogens with zero attached hydrogens (tertiary/aromatic N) is 2. The first-order chi connectivity index (χ1) is 13.3. The van der Waals surface area contributed by atoms with Crippen molar-refractivity contribution in [1.82, 2.24) is 15.1 Å². The predicted molar refractivity (Wildman–Crippen MR) is 99.5 cm³/mol. The summed E-state index contributed by atoms with van der Waals surface area (Å²) < 4.78 is 28.5. The van der Waals surface area contributed by atoms with Gasteiger partial charge in [0, 0.05) is 25.7 Å². The molecule has 0 aliphatic carbocycles. The van der Waals surface area contributed by atoms with E-state index in [0.29, 0.717) is 19.5 Å². The summed E-state index contributed by atoms with van der Waals surface area (Å²) in [5.41, 5.74) is 0.921. The number of piperidine rings is 1. The molecule has 156 valence electrons. The molecular formula is C19H27F2N3O4. The molecule has 0 unspecified atom stereocenters. The molecule has 1 heterocycles. The summed E-state index contributed by atoms with van der Waals surface area (Å²) in [7, 11) is 1.81. The number of carboxylic acids is 1. The molecule has 1 saturated heterocycles. The van der Waals surface area contributed by atoms with Crippen molar-refractivity contribution < 1.29 is 28.2 Å². The topological polar surface area (TPSA) is 82.1 Å². The first-order valence-electron chi connectivity index (χ1n) is 9.28. The summed E-state index contributed by atoms with van der Waals surface area (Å²) in [5.74, 6) is -0.782. The third-order valence-electron chi connectivity index (χ3n) is 4.82. The maximum atomic E-state index is 12.1. The fourth-order valence-corrected chi connectivity index (χ4v) is 3.30. The van der Waals surface area contributed by atoms with Crippen LogP contribution in [0.2, 0.25) is 0 Å². The molecule has 1 aromatic carbocycles. The Morgan fingerprint density at radius 2 is 1.93 bits per heavy atom. The molecule has 0 spiro atoms. The Morgan fingerprint density at radius 3 is 2.50 bits per heavy atom. The molecule has 1 aliphatic rings. The van der Waals surface area contributed by atoms with Gasteiger partial charge in [0.2, 0.25) is 5.91 Å². The molecule has 1 aromatic rings. The second kappa shape index (κ2) is 10.9. The van der Waals surface area contributed by atoms with Gasteiger partial charge in [-0.25, -0.2) is 0 Å². The van der Waals surface area contributed by atoms with E-state index in [1.54, 1.807) is 12.1 Å². The number of amides is 1. The number of carbonyl (C=O) groups is 2. The van der Waals surface area contributed by atoms with Crippen LogP contribution in [0.15, 0.2) is 24.3 Å². The zero-order chi connectivity index (χ0) is 20.5. The van der Waals surface area contributed by atoms with Crippen LogP contribution in [0.1, 0.15) is 18.4 Å². The van der Waals surface area contributed by atoms with Gasteiger partial charge in [-0.15, -0.1) is 0 Å². The molecule has 9 heteroatoms. The number of carboxylic acid groups (broad SMARTS) is 1. The van der Waals surface area contributed by atoms with Crippen LogP contribution in [-0.4, -0.2) is 79.2 Å². The van der Waals surface area contributed by atoms with Crippen LogP contribution < -0.4 is 10.1 Å². The fourth-order valence-electron chi connectivity index (χ4n) is 3.30. The summed E-state index contributed by atoms with van der Waals surface area (Å²) in [6.45, 7) is -0.517. The van der Waals surface area contributed by atoms with E-state index in [1.807, 2.05) is 11.9 Å². The van der Waals surface area contributed by atoms with Gasteiger partial charge in [0.15, 0.2) is 0 Å². The molecule has 2 N–H and O–H groups in total. The van der Waals surface area contributed by atoms with Crippen LogP contribution in [0.3, 0.4) is 0 Å². The van der Waals surface area contributed by atoms with Crippen LogP contribution in [0.25, 0.3) is 0 Å². The molecule has 0 radical (unpaired) electrons. The van der Waals surface area contributed by atoms with E-state index in [2.05, 4.69) is 15.0 Å². The van der Waals surface area contributed by atoms with Crippen LogP contribution in [0.4, 0.5) is 8.78 Å². The van der Waals surface area contributed by atoms with Crippen LogP contribution in [0, 0.1) is 0 Å². The van der Waals surface area contributed by atoms with E-state index < -0.39 is 12.6 Å².